The molecule has 1 aromatic carbocycles. The van der Waals surface area contributed by atoms with Crippen LogP contribution in [0.3, 0.4) is 0 Å². The Kier molecular flexibility index (Phi) is 3.07. The number of amides is 1. The van der Waals surface area contributed by atoms with Gasteiger partial charge in [-0.05, 0) is 37.5 Å². The van der Waals surface area contributed by atoms with E-state index >= 15 is 0 Å². The van der Waals surface area contributed by atoms with Gasteiger partial charge in [0.25, 0.3) is 11.7 Å². The van der Waals surface area contributed by atoms with Crippen molar-refractivity contribution in [3.63, 3.8) is 0 Å². The van der Waals surface area contributed by atoms with E-state index in [0.29, 0.717) is 12.1 Å². The van der Waals surface area contributed by atoms with Gasteiger partial charge >= 0.3 is 0 Å². The van der Waals surface area contributed by atoms with Crippen molar-refractivity contribution in [3.05, 3.63) is 41.0 Å². The van der Waals surface area contributed by atoms with E-state index in [2.05, 4.69) is 6.58 Å². The molecule has 1 heterocycles. The number of rotatable bonds is 3. The first-order chi connectivity index (χ1) is 8.45. The van der Waals surface area contributed by atoms with Gasteiger partial charge in [-0.25, -0.2) is 0 Å². The molecule has 94 valence electrons. The first-order valence-electron chi connectivity index (χ1n) is 6.09. The van der Waals surface area contributed by atoms with Crippen molar-refractivity contribution in [1.29, 1.82) is 0 Å². The summed E-state index contributed by atoms with van der Waals surface area (Å²) < 4.78 is 0. The number of aryl methyl sites for hydroxylation is 2. The fourth-order valence-electron chi connectivity index (χ4n) is 2.28. The molecule has 0 aliphatic carbocycles. The Bertz CT molecular complexity index is 558. The molecule has 0 aromatic heterocycles. The van der Waals surface area contributed by atoms with Crippen LogP contribution in [0.2, 0.25) is 0 Å². The third kappa shape index (κ3) is 1.86. The molecule has 3 nitrogen and oxygen atoms in total. The van der Waals surface area contributed by atoms with Gasteiger partial charge in [-0.2, -0.15) is 0 Å². The summed E-state index contributed by atoms with van der Waals surface area (Å²) in [5.41, 5.74) is 4.16. The van der Waals surface area contributed by atoms with Gasteiger partial charge in [0.1, 0.15) is 0 Å². The predicted molar refractivity (Wildman–Crippen MR) is 72.0 cm³/mol. The summed E-state index contributed by atoms with van der Waals surface area (Å²) in [6.07, 6.45) is 0.804. The summed E-state index contributed by atoms with van der Waals surface area (Å²) in [4.78, 5) is 25.5. The highest BCUT2D eigenvalue weighted by Crippen LogP contribution is 2.33. The summed E-state index contributed by atoms with van der Waals surface area (Å²) in [7, 11) is 0. The average molecular weight is 243 g/mol. The van der Waals surface area contributed by atoms with Crippen molar-refractivity contribution in [3.8, 4) is 0 Å². The van der Waals surface area contributed by atoms with E-state index in [1.54, 1.807) is 4.90 Å². The second-order valence-corrected chi connectivity index (χ2v) is 4.80. The van der Waals surface area contributed by atoms with Gasteiger partial charge in [0, 0.05) is 6.54 Å². The third-order valence-corrected chi connectivity index (χ3v) is 3.30. The molecular formula is C15H17NO2. The Hall–Kier alpha value is -1.90. The first-order valence-corrected chi connectivity index (χ1v) is 6.09. The molecule has 3 heteroatoms. The standard InChI is InChI=1S/C15H17NO2/c1-5-9(2)8-16-12-7-10(3)6-11(4)13(12)14(17)15(16)18/h6-7H,2,5,8H2,1,3-4H3. The molecule has 0 atom stereocenters. The Labute approximate surface area is 107 Å². The smallest absolute Gasteiger partial charge is 0.299 e. The van der Waals surface area contributed by atoms with Gasteiger partial charge in [-0.15, -0.1) is 0 Å². The Balaban J connectivity index is 2.51. The molecule has 1 aliphatic heterocycles. The minimum Gasteiger partial charge on any atom is -0.301 e. The van der Waals surface area contributed by atoms with Crippen molar-refractivity contribution in [1.82, 2.24) is 0 Å². The second kappa shape index (κ2) is 4.41. The molecule has 1 aromatic rings. The maximum absolute atomic E-state index is 12.0. The number of anilines is 1. The molecule has 18 heavy (non-hydrogen) atoms. The first kappa shape index (κ1) is 12.6. The zero-order valence-electron chi connectivity index (χ0n) is 11.0. The molecule has 0 spiro atoms. The van der Waals surface area contributed by atoms with E-state index in [1.807, 2.05) is 32.9 Å². The lowest BCUT2D eigenvalue weighted by Crippen LogP contribution is -2.31. The predicted octanol–water partition coefficient (Wildman–Crippen LogP) is 2.80. The highest BCUT2D eigenvalue weighted by molar-refractivity contribution is 6.52. The number of benzene rings is 1. The topological polar surface area (TPSA) is 37.4 Å². The molecule has 0 N–H and O–H groups in total. The van der Waals surface area contributed by atoms with Gasteiger partial charge in [0.05, 0.1) is 11.3 Å². The zero-order valence-corrected chi connectivity index (χ0v) is 11.0. The van der Waals surface area contributed by atoms with Gasteiger partial charge in [0.2, 0.25) is 0 Å². The summed E-state index contributed by atoms with van der Waals surface area (Å²) >= 11 is 0. The lowest BCUT2D eigenvalue weighted by Gasteiger charge is -2.18. The van der Waals surface area contributed by atoms with E-state index in [-0.39, 0.29) is 0 Å². The van der Waals surface area contributed by atoms with Crippen LogP contribution < -0.4 is 4.90 Å². The number of hydrogen-bond donors (Lipinski definition) is 0. The molecule has 1 amide bonds. The molecular weight excluding hydrogens is 226 g/mol. The number of carbonyl (C=O) groups excluding carboxylic acids is 2. The molecule has 0 bridgehead atoms. The van der Waals surface area contributed by atoms with E-state index in [1.165, 1.54) is 0 Å². The van der Waals surface area contributed by atoms with Crippen LogP contribution in [-0.2, 0) is 4.79 Å². The fourth-order valence-corrected chi connectivity index (χ4v) is 2.28. The van der Waals surface area contributed by atoms with Gasteiger partial charge in [-0.3, -0.25) is 9.59 Å². The summed E-state index contributed by atoms with van der Waals surface area (Å²) in [5.74, 6) is -0.834. The lowest BCUT2D eigenvalue weighted by molar-refractivity contribution is -0.114. The van der Waals surface area contributed by atoms with Crippen LogP contribution in [-0.4, -0.2) is 18.2 Å². The summed E-state index contributed by atoms with van der Waals surface area (Å²) in [6.45, 7) is 10.2. The number of Topliss-reactive ketones (excluding diaryl/α,β-unsaturated/α-hetero) is 1. The molecule has 0 fully saturated rings. The van der Waals surface area contributed by atoms with Crippen LogP contribution in [0.1, 0.15) is 34.8 Å². The van der Waals surface area contributed by atoms with Crippen LogP contribution in [0.5, 0.6) is 0 Å². The number of hydrogen-bond acceptors (Lipinski definition) is 2. The van der Waals surface area contributed by atoms with Crippen LogP contribution >= 0.6 is 0 Å². The maximum Gasteiger partial charge on any atom is 0.299 e. The number of ketones is 1. The van der Waals surface area contributed by atoms with E-state index in [9.17, 15) is 9.59 Å². The molecule has 2 rings (SSSR count). The number of fused-ring (bicyclic) bond motifs is 1. The largest absolute Gasteiger partial charge is 0.301 e. The normalized spacial score (nSPS) is 14.1. The number of nitrogens with zero attached hydrogens (tertiary/aromatic N) is 1. The third-order valence-electron chi connectivity index (χ3n) is 3.30. The Morgan fingerprint density at radius 1 is 1.28 bits per heavy atom. The molecule has 0 radical (unpaired) electrons. The minimum atomic E-state index is -0.437. The number of carbonyl (C=O) groups is 2. The molecule has 0 saturated heterocycles. The SMILES string of the molecule is C=C(CC)CN1C(=O)C(=O)c2c(C)cc(C)cc21. The quantitative estimate of drug-likeness (QED) is 0.604. The highest BCUT2D eigenvalue weighted by atomic mass is 16.2. The molecule has 0 unspecified atom stereocenters. The summed E-state index contributed by atoms with van der Waals surface area (Å²) in [6, 6.07) is 3.83. The van der Waals surface area contributed by atoms with Crippen molar-refractivity contribution in [2.75, 3.05) is 11.4 Å². The van der Waals surface area contributed by atoms with Crippen molar-refractivity contribution >= 4 is 17.4 Å². The van der Waals surface area contributed by atoms with Crippen LogP contribution in [0.4, 0.5) is 5.69 Å². The van der Waals surface area contributed by atoms with Crippen LogP contribution in [0.25, 0.3) is 0 Å². The average Bonchev–Trinajstić information content (AvgIpc) is 2.54. The second-order valence-electron chi connectivity index (χ2n) is 4.80. The fraction of sp³-hybridized carbons (Fsp3) is 0.333. The molecule has 1 aliphatic rings. The van der Waals surface area contributed by atoms with E-state index in [4.69, 9.17) is 0 Å². The van der Waals surface area contributed by atoms with Crippen molar-refractivity contribution in [2.45, 2.75) is 27.2 Å². The maximum atomic E-state index is 12.0. The van der Waals surface area contributed by atoms with Gasteiger partial charge in [-0.1, -0.05) is 25.1 Å². The highest BCUT2D eigenvalue weighted by Gasteiger charge is 2.36. The van der Waals surface area contributed by atoms with Crippen molar-refractivity contribution in [2.24, 2.45) is 0 Å². The summed E-state index contributed by atoms with van der Waals surface area (Å²) in [5, 5.41) is 0. The van der Waals surface area contributed by atoms with Crippen LogP contribution in [0, 0.1) is 13.8 Å². The molecule has 0 saturated carbocycles. The monoisotopic (exact) mass is 243 g/mol. The van der Waals surface area contributed by atoms with Crippen LogP contribution in [0.15, 0.2) is 24.3 Å². The lowest BCUT2D eigenvalue weighted by atomic mass is 10.0. The Morgan fingerprint density at radius 3 is 2.56 bits per heavy atom. The van der Waals surface area contributed by atoms with E-state index in [0.717, 1.165) is 28.8 Å². The van der Waals surface area contributed by atoms with E-state index < -0.39 is 11.7 Å². The van der Waals surface area contributed by atoms with Gasteiger partial charge < -0.3 is 4.90 Å². The Morgan fingerprint density at radius 2 is 1.94 bits per heavy atom. The van der Waals surface area contributed by atoms with Crippen molar-refractivity contribution < 1.29 is 9.59 Å². The van der Waals surface area contributed by atoms with Gasteiger partial charge in [0.15, 0.2) is 0 Å². The zero-order chi connectivity index (χ0) is 13.4. The minimum absolute atomic E-state index is 0.397.